The molecule has 4 heterocycles. The second-order valence-corrected chi connectivity index (χ2v) is 14.4. The second kappa shape index (κ2) is 18.7. The van der Waals surface area contributed by atoms with Crippen molar-refractivity contribution >= 4 is 46.5 Å². The number of halogens is 2. The number of carboxylic acids is 2. The maximum absolute atomic E-state index is 12.8. The highest BCUT2D eigenvalue weighted by molar-refractivity contribution is 6.35. The van der Waals surface area contributed by atoms with Crippen molar-refractivity contribution in [1.82, 2.24) is 29.1 Å². The van der Waals surface area contributed by atoms with Crippen LogP contribution in [0.25, 0.3) is 5.69 Å². The van der Waals surface area contributed by atoms with Gasteiger partial charge in [0.15, 0.2) is 0 Å². The summed E-state index contributed by atoms with van der Waals surface area (Å²) in [6.07, 6.45) is 4.60. The molecular weight excluding hydrogens is 779 g/mol. The lowest BCUT2D eigenvalue weighted by Gasteiger charge is -2.37. The molecule has 2 N–H and O–H groups in total. The first-order valence-corrected chi connectivity index (χ1v) is 19.2. The number of aliphatic carboxylic acids is 2. The molecule has 3 aromatic carbocycles. The Morgan fingerprint density at radius 3 is 2.07 bits per heavy atom. The van der Waals surface area contributed by atoms with Gasteiger partial charge in [-0.15, -0.1) is 0 Å². The predicted octanol–water partition coefficient (Wildman–Crippen LogP) is 5.51. The van der Waals surface area contributed by atoms with Gasteiger partial charge in [-0.3, -0.25) is 9.59 Å². The van der Waals surface area contributed by atoms with E-state index in [2.05, 4.69) is 49.2 Å². The summed E-state index contributed by atoms with van der Waals surface area (Å²) in [5.41, 5.74) is 3.64. The second-order valence-electron chi connectivity index (χ2n) is 13.6. The summed E-state index contributed by atoms with van der Waals surface area (Å²) in [5, 5.41) is 25.3. The molecule has 302 valence electrons. The van der Waals surface area contributed by atoms with Crippen LogP contribution in [0.2, 0.25) is 10.0 Å². The van der Waals surface area contributed by atoms with Crippen molar-refractivity contribution in [2.75, 3.05) is 49.2 Å². The number of carboxylic acid groups (broad SMARTS) is 2. The van der Waals surface area contributed by atoms with Gasteiger partial charge in [0.1, 0.15) is 44.0 Å². The van der Waals surface area contributed by atoms with Crippen molar-refractivity contribution < 1.29 is 34.0 Å². The van der Waals surface area contributed by atoms with Gasteiger partial charge in [-0.2, -0.15) is 10.2 Å². The molecule has 18 heteroatoms. The van der Waals surface area contributed by atoms with Gasteiger partial charge in [0.05, 0.1) is 36.2 Å². The molecule has 0 bridgehead atoms. The fourth-order valence-corrected chi connectivity index (χ4v) is 7.01. The maximum atomic E-state index is 12.8. The average Bonchev–Trinajstić information content (AvgIpc) is 3.98. The third kappa shape index (κ3) is 10.3. The predicted molar refractivity (Wildman–Crippen MR) is 213 cm³/mol. The Labute approximate surface area is 338 Å². The van der Waals surface area contributed by atoms with E-state index in [0.717, 1.165) is 55.4 Å². The molecule has 0 amide bonds. The molecule has 2 saturated heterocycles. The van der Waals surface area contributed by atoms with Crippen molar-refractivity contribution in [3.8, 4) is 11.4 Å². The minimum absolute atomic E-state index is 0.0645. The highest BCUT2D eigenvalue weighted by Gasteiger charge is 2.45. The summed E-state index contributed by atoms with van der Waals surface area (Å²) in [4.78, 5) is 40.9. The van der Waals surface area contributed by atoms with Gasteiger partial charge in [0.25, 0.3) is 0 Å². The summed E-state index contributed by atoms with van der Waals surface area (Å²) < 4.78 is 23.7. The van der Waals surface area contributed by atoms with Crippen LogP contribution in [0.4, 0.5) is 11.4 Å². The number of nitrogens with zero attached hydrogens (tertiary/aromatic N) is 8. The van der Waals surface area contributed by atoms with Crippen LogP contribution in [0.1, 0.15) is 44.7 Å². The van der Waals surface area contributed by atoms with E-state index in [1.165, 1.54) is 11.0 Å². The van der Waals surface area contributed by atoms with Crippen LogP contribution in [0, 0.1) is 0 Å². The van der Waals surface area contributed by atoms with Crippen LogP contribution in [-0.4, -0.2) is 96.8 Å². The highest BCUT2D eigenvalue weighted by atomic mass is 35.5. The Balaban J connectivity index is 0.000000622. The van der Waals surface area contributed by atoms with Gasteiger partial charge in [0, 0.05) is 48.1 Å². The van der Waals surface area contributed by atoms with E-state index >= 15 is 0 Å². The monoisotopic (exact) mass is 822 g/mol. The number of carbonyl (C=O) groups is 2. The molecule has 0 aliphatic carbocycles. The zero-order valence-corrected chi connectivity index (χ0v) is 33.0. The van der Waals surface area contributed by atoms with E-state index in [1.54, 1.807) is 34.0 Å². The Hall–Kier alpha value is -5.42. The zero-order chi connectivity index (χ0) is 40.5. The summed E-state index contributed by atoms with van der Waals surface area (Å²) in [6, 6.07) is 21.6. The first kappa shape index (κ1) is 41.2. The maximum Gasteiger partial charge on any atom is 0.350 e. The molecule has 3 atom stereocenters. The summed E-state index contributed by atoms with van der Waals surface area (Å²) >= 11 is 12.7. The molecular formula is C39H44Cl2N8O8. The van der Waals surface area contributed by atoms with Gasteiger partial charge < -0.3 is 34.2 Å². The van der Waals surface area contributed by atoms with Gasteiger partial charge in [0.2, 0.25) is 5.79 Å². The van der Waals surface area contributed by atoms with Crippen molar-refractivity contribution in [3.63, 3.8) is 0 Å². The minimum atomic E-state index is -1.16. The number of benzene rings is 3. The van der Waals surface area contributed by atoms with Crippen LogP contribution >= 0.6 is 23.2 Å². The fourth-order valence-electron chi connectivity index (χ4n) is 6.45. The molecule has 57 heavy (non-hydrogen) atoms. The SMILES string of the molecule is CCC(C)n1ncn(-c2ccc(N3CCN(c4ccc(OCC5COC(Cn6cncn6)(c6ccc(Cl)cc6Cl)O5)cc4)CC3)cc2)c1=O.O=C(O)CCC(=O)O. The van der Waals surface area contributed by atoms with Gasteiger partial charge in [-0.1, -0.05) is 36.2 Å². The fraction of sp³-hybridized carbons (Fsp3) is 0.385. The molecule has 3 unspecified atom stereocenters. The molecule has 5 aromatic rings. The minimum Gasteiger partial charge on any atom is -0.491 e. The lowest BCUT2D eigenvalue weighted by atomic mass is 10.1. The van der Waals surface area contributed by atoms with Crippen LogP contribution < -0.4 is 20.2 Å². The molecule has 16 nitrogen and oxygen atoms in total. The third-order valence-electron chi connectivity index (χ3n) is 9.70. The first-order chi connectivity index (χ1) is 27.4. The largest absolute Gasteiger partial charge is 0.491 e. The van der Waals surface area contributed by atoms with E-state index in [4.69, 9.17) is 47.6 Å². The molecule has 2 aromatic heterocycles. The number of hydrogen-bond acceptors (Lipinski definition) is 11. The topological polar surface area (TPSA) is 179 Å². The van der Waals surface area contributed by atoms with Crippen LogP contribution in [-0.2, 0) is 31.4 Å². The van der Waals surface area contributed by atoms with Gasteiger partial charge >= 0.3 is 17.6 Å². The zero-order valence-electron chi connectivity index (χ0n) is 31.5. The Morgan fingerprint density at radius 1 is 0.895 bits per heavy atom. The molecule has 0 saturated carbocycles. The van der Waals surface area contributed by atoms with E-state index in [9.17, 15) is 14.4 Å². The number of anilines is 2. The summed E-state index contributed by atoms with van der Waals surface area (Å²) in [5.74, 6) is -2.56. The van der Waals surface area contributed by atoms with Crippen LogP contribution in [0.3, 0.4) is 0 Å². The molecule has 7 rings (SSSR count). The van der Waals surface area contributed by atoms with E-state index in [1.807, 2.05) is 44.2 Å². The van der Waals surface area contributed by atoms with Crippen LogP contribution in [0.5, 0.6) is 5.75 Å². The first-order valence-electron chi connectivity index (χ1n) is 18.5. The molecule has 0 spiro atoms. The van der Waals surface area contributed by atoms with Crippen molar-refractivity contribution in [2.24, 2.45) is 0 Å². The summed E-state index contributed by atoms with van der Waals surface area (Å²) in [6.45, 7) is 8.48. The quantitative estimate of drug-likeness (QED) is 0.143. The highest BCUT2D eigenvalue weighted by Crippen LogP contribution is 2.40. The van der Waals surface area contributed by atoms with Crippen molar-refractivity contribution in [1.29, 1.82) is 0 Å². The lowest BCUT2D eigenvalue weighted by Crippen LogP contribution is -2.46. The van der Waals surface area contributed by atoms with Gasteiger partial charge in [-0.05, 0) is 74.0 Å². The smallest absolute Gasteiger partial charge is 0.350 e. The standard InChI is InChI=1S/C35H38Cl2N8O4.C4H6O4/c1-3-25(2)45-34(46)44(24-40-45)29-7-5-27(6-8-29)41-14-16-42(17-15-41)28-9-11-30(12-10-28)47-19-31-20-48-35(49-31,21-43-23-38-22-39-43)32-13-4-26(36)18-33(32)37;5-3(6)1-2-4(7)8/h4-13,18,22-25,31H,3,14-17,19-21H2,1-2H3;1-2H2,(H,5,6)(H,7,8). The Morgan fingerprint density at radius 2 is 1.51 bits per heavy atom. The lowest BCUT2D eigenvalue weighted by molar-refractivity contribution is -0.190. The van der Waals surface area contributed by atoms with E-state index in [-0.39, 0.29) is 37.2 Å². The van der Waals surface area contributed by atoms with Gasteiger partial charge in [-0.25, -0.2) is 23.7 Å². The van der Waals surface area contributed by atoms with E-state index < -0.39 is 17.7 Å². The number of hydrogen-bond donors (Lipinski definition) is 2. The number of rotatable bonds is 14. The average molecular weight is 824 g/mol. The summed E-state index contributed by atoms with van der Waals surface area (Å²) in [7, 11) is 0. The third-order valence-corrected chi connectivity index (χ3v) is 10.3. The molecule has 2 aliphatic heterocycles. The van der Waals surface area contributed by atoms with Crippen molar-refractivity contribution in [3.05, 3.63) is 112 Å². The molecule has 2 aliphatic rings. The van der Waals surface area contributed by atoms with E-state index in [0.29, 0.717) is 28.8 Å². The number of piperazine rings is 1. The molecule has 0 radical (unpaired) electrons. The Kier molecular flexibility index (Phi) is 13.5. The van der Waals surface area contributed by atoms with Crippen molar-refractivity contribution in [2.45, 2.75) is 57.6 Å². The van der Waals surface area contributed by atoms with Crippen LogP contribution in [0.15, 0.2) is 90.5 Å². The Bertz CT molecular complexity index is 2140. The number of aromatic nitrogens is 6. The molecule has 2 fully saturated rings. The normalized spacial score (nSPS) is 18.5. The number of ether oxygens (including phenoxy) is 3.